The number of hydrogen-bond acceptors (Lipinski definition) is 5. The summed E-state index contributed by atoms with van der Waals surface area (Å²) in [6.07, 6.45) is 5.08. The van der Waals surface area contributed by atoms with E-state index >= 15 is 0 Å². The predicted octanol–water partition coefficient (Wildman–Crippen LogP) is 4.75. The maximum Gasteiger partial charge on any atom is 0.251 e. The van der Waals surface area contributed by atoms with Crippen molar-refractivity contribution in [3.05, 3.63) is 63.6 Å². The lowest BCUT2D eigenvalue weighted by Gasteiger charge is -2.07. The van der Waals surface area contributed by atoms with Crippen LogP contribution in [0.3, 0.4) is 0 Å². The Morgan fingerprint density at radius 3 is 2.82 bits per heavy atom. The number of aryl methyl sites for hydroxylation is 1. The first-order valence-electron chi connectivity index (χ1n) is 8.59. The molecule has 0 unspecified atom stereocenters. The van der Waals surface area contributed by atoms with Crippen molar-refractivity contribution < 1.29 is 4.79 Å². The number of benzene rings is 1. The van der Waals surface area contributed by atoms with E-state index in [-0.39, 0.29) is 5.91 Å². The highest BCUT2D eigenvalue weighted by atomic mass is 35.5. The molecule has 28 heavy (non-hydrogen) atoms. The molecule has 142 valence electrons. The fourth-order valence-electron chi connectivity index (χ4n) is 2.77. The molecule has 3 aromatic heterocycles. The molecule has 0 saturated heterocycles. The summed E-state index contributed by atoms with van der Waals surface area (Å²) in [5, 5.41) is 3.96. The van der Waals surface area contributed by atoms with Gasteiger partial charge in [0.25, 0.3) is 5.91 Å². The first kappa shape index (κ1) is 18.9. The molecule has 1 aromatic carbocycles. The third-order valence-electron chi connectivity index (χ3n) is 4.14. The van der Waals surface area contributed by atoms with Crippen LogP contribution < -0.4 is 5.32 Å². The van der Waals surface area contributed by atoms with Crippen molar-refractivity contribution in [3.63, 3.8) is 0 Å². The Hall–Kier alpha value is -2.48. The number of aromatic amines is 1. The smallest absolute Gasteiger partial charge is 0.251 e. The number of imidazole rings is 1. The van der Waals surface area contributed by atoms with E-state index in [9.17, 15) is 4.79 Å². The number of carbonyl (C=O) groups is 1. The molecule has 0 saturated carbocycles. The third kappa shape index (κ3) is 4.16. The Kier molecular flexibility index (Phi) is 5.57. The van der Waals surface area contributed by atoms with E-state index in [0.717, 1.165) is 23.5 Å². The number of halogens is 2. The number of hydrogen-bond donors (Lipinski definition) is 2. The minimum absolute atomic E-state index is 0.156. The number of fused-ring (bicyclic) bond motifs is 1. The zero-order valence-electron chi connectivity index (χ0n) is 14.6. The van der Waals surface area contributed by atoms with Crippen molar-refractivity contribution in [3.8, 4) is 10.7 Å². The second kappa shape index (κ2) is 8.26. The van der Waals surface area contributed by atoms with Crippen LogP contribution in [0.4, 0.5) is 0 Å². The molecule has 0 aliphatic rings. The van der Waals surface area contributed by atoms with Gasteiger partial charge in [-0.2, -0.15) is 0 Å². The monoisotopic (exact) mass is 431 g/mol. The summed E-state index contributed by atoms with van der Waals surface area (Å²) in [6, 6.07) is 8.85. The van der Waals surface area contributed by atoms with Crippen LogP contribution in [0.2, 0.25) is 9.49 Å². The molecular formula is C19H15Cl2N5OS. The van der Waals surface area contributed by atoms with Gasteiger partial charge in [0.05, 0.1) is 14.7 Å². The van der Waals surface area contributed by atoms with E-state index in [2.05, 4.69) is 25.3 Å². The zero-order valence-corrected chi connectivity index (χ0v) is 16.9. The van der Waals surface area contributed by atoms with Crippen LogP contribution in [0.15, 0.2) is 42.7 Å². The SMILES string of the molecule is O=C(NCCCc1ncc[nH]1)c1ccc2c(Cl)nc(-c3ccc(Cl)s3)nc2c1. The number of aromatic nitrogens is 4. The number of carbonyl (C=O) groups excluding carboxylic acids is 1. The number of nitrogens with zero attached hydrogens (tertiary/aromatic N) is 3. The van der Waals surface area contributed by atoms with Crippen molar-refractivity contribution >= 4 is 51.3 Å². The highest BCUT2D eigenvalue weighted by Crippen LogP contribution is 2.31. The van der Waals surface area contributed by atoms with Gasteiger partial charge in [-0.05, 0) is 36.8 Å². The predicted molar refractivity (Wildman–Crippen MR) is 112 cm³/mol. The Balaban J connectivity index is 1.50. The van der Waals surface area contributed by atoms with E-state index in [4.69, 9.17) is 23.2 Å². The normalized spacial score (nSPS) is 11.1. The molecule has 2 N–H and O–H groups in total. The first-order chi connectivity index (χ1) is 13.6. The van der Waals surface area contributed by atoms with Crippen molar-refractivity contribution in [2.45, 2.75) is 12.8 Å². The van der Waals surface area contributed by atoms with Crippen LogP contribution in [0.1, 0.15) is 22.6 Å². The van der Waals surface area contributed by atoms with Gasteiger partial charge in [-0.1, -0.05) is 23.2 Å². The lowest BCUT2D eigenvalue weighted by atomic mass is 10.1. The van der Waals surface area contributed by atoms with Gasteiger partial charge in [0.2, 0.25) is 0 Å². The van der Waals surface area contributed by atoms with Gasteiger partial charge in [-0.3, -0.25) is 4.79 Å². The minimum atomic E-state index is -0.156. The lowest BCUT2D eigenvalue weighted by molar-refractivity contribution is 0.0953. The standard InChI is InChI=1S/C19H15Cl2N5OS/c20-15-6-5-14(28-15)18-25-13-10-11(3-4-12(13)17(21)26-18)19(27)24-7-1-2-16-22-8-9-23-16/h3-6,8-10H,1-2,7H2,(H,22,23)(H,24,27). The van der Waals surface area contributed by atoms with Gasteiger partial charge in [0.1, 0.15) is 11.0 Å². The maximum atomic E-state index is 12.5. The van der Waals surface area contributed by atoms with Gasteiger partial charge >= 0.3 is 0 Å². The van der Waals surface area contributed by atoms with Crippen molar-refractivity contribution in [2.75, 3.05) is 6.54 Å². The molecule has 4 rings (SSSR count). The molecule has 1 amide bonds. The average Bonchev–Trinajstić information content (AvgIpc) is 3.36. The largest absolute Gasteiger partial charge is 0.352 e. The molecule has 0 atom stereocenters. The van der Waals surface area contributed by atoms with E-state index in [1.54, 1.807) is 36.7 Å². The van der Waals surface area contributed by atoms with Crippen LogP contribution in [0.5, 0.6) is 0 Å². The topological polar surface area (TPSA) is 83.6 Å². The van der Waals surface area contributed by atoms with Crippen LogP contribution in [0, 0.1) is 0 Å². The number of thiophene rings is 1. The lowest BCUT2D eigenvalue weighted by Crippen LogP contribution is -2.24. The summed E-state index contributed by atoms with van der Waals surface area (Å²) in [6.45, 7) is 0.557. The molecule has 0 fully saturated rings. The first-order valence-corrected chi connectivity index (χ1v) is 10.2. The van der Waals surface area contributed by atoms with E-state index in [1.807, 2.05) is 6.07 Å². The van der Waals surface area contributed by atoms with Gasteiger partial charge in [-0.25, -0.2) is 15.0 Å². The van der Waals surface area contributed by atoms with Crippen molar-refractivity contribution in [1.82, 2.24) is 25.3 Å². The average molecular weight is 432 g/mol. The van der Waals surface area contributed by atoms with Crippen LogP contribution >= 0.6 is 34.5 Å². The second-order valence-electron chi connectivity index (χ2n) is 6.07. The van der Waals surface area contributed by atoms with E-state index in [1.165, 1.54) is 11.3 Å². The number of nitrogens with one attached hydrogen (secondary N) is 2. The van der Waals surface area contributed by atoms with Crippen molar-refractivity contribution in [2.24, 2.45) is 0 Å². The summed E-state index contributed by atoms with van der Waals surface area (Å²) in [7, 11) is 0. The second-order valence-corrected chi connectivity index (χ2v) is 8.14. The molecular weight excluding hydrogens is 417 g/mol. The Bertz CT molecular complexity index is 1130. The summed E-state index contributed by atoms with van der Waals surface area (Å²) >= 11 is 13.7. The Morgan fingerprint density at radius 2 is 2.07 bits per heavy atom. The van der Waals surface area contributed by atoms with Gasteiger partial charge < -0.3 is 10.3 Å². The van der Waals surface area contributed by atoms with E-state index in [0.29, 0.717) is 38.3 Å². The molecule has 0 radical (unpaired) electrons. The van der Waals surface area contributed by atoms with Gasteiger partial charge in [-0.15, -0.1) is 11.3 Å². The maximum absolute atomic E-state index is 12.5. The van der Waals surface area contributed by atoms with Crippen molar-refractivity contribution in [1.29, 1.82) is 0 Å². The summed E-state index contributed by atoms with van der Waals surface area (Å²) in [5.41, 5.74) is 1.14. The zero-order chi connectivity index (χ0) is 19.5. The fourth-order valence-corrected chi connectivity index (χ4v) is 3.99. The van der Waals surface area contributed by atoms with E-state index < -0.39 is 0 Å². The Morgan fingerprint density at radius 1 is 1.18 bits per heavy atom. The van der Waals surface area contributed by atoms with Gasteiger partial charge in [0, 0.05) is 36.3 Å². The highest BCUT2D eigenvalue weighted by molar-refractivity contribution is 7.19. The molecule has 9 heteroatoms. The number of rotatable bonds is 6. The fraction of sp³-hybridized carbons (Fsp3) is 0.158. The Labute approximate surface area is 175 Å². The third-order valence-corrected chi connectivity index (χ3v) is 5.65. The highest BCUT2D eigenvalue weighted by Gasteiger charge is 2.13. The molecule has 0 spiro atoms. The summed E-state index contributed by atoms with van der Waals surface area (Å²) in [4.78, 5) is 29.4. The van der Waals surface area contributed by atoms with Crippen LogP contribution in [-0.2, 0) is 6.42 Å². The molecule has 6 nitrogen and oxygen atoms in total. The van der Waals surface area contributed by atoms with Crippen LogP contribution in [0.25, 0.3) is 21.6 Å². The molecule has 0 aliphatic carbocycles. The molecule has 0 aliphatic heterocycles. The number of H-pyrrole nitrogens is 1. The molecule has 0 bridgehead atoms. The van der Waals surface area contributed by atoms with Crippen LogP contribution in [-0.4, -0.2) is 32.4 Å². The molecule has 3 heterocycles. The molecule has 4 aromatic rings. The quantitative estimate of drug-likeness (QED) is 0.340. The summed E-state index contributed by atoms with van der Waals surface area (Å²) < 4.78 is 0.650. The summed E-state index contributed by atoms with van der Waals surface area (Å²) in [5.74, 6) is 1.25. The minimum Gasteiger partial charge on any atom is -0.352 e. The number of amides is 1. The van der Waals surface area contributed by atoms with Gasteiger partial charge in [0.15, 0.2) is 5.82 Å².